The third kappa shape index (κ3) is 4.03. The van der Waals surface area contributed by atoms with E-state index in [1.165, 1.54) is 16.8 Å². The highest BCUT2D eigenvalue weighted by atomic mass is 16.6. The van der Waals surface area contributed by atoms with Crippen LogP contribution in [0.25, 0.3) is 5.69 Å². The van der Waals surface area contributed by atoms with Crippen molar-refractivity contribution >= 4 is 29.0 Å². The standard InChI is InChI=1S/C23H21N5O6/c1-14-10-21(27(25-14)16-2-4-17(5-3-16)28(31)32)24-23(30)15-11-22(29)26(13-15)18-6-7-19-20(12-18)34-9-8-33-19/h2-7,10,12,15H,8-9,11,13H2,1H3,(H,24,30). The van der Waals surface area contributed by atoms with Gasteiger partial charge in [0.2, 0.25) is 11.8 Å². The van der Waals surface area contributed by atoms with Crippen molar-refractivity contribution in [2.45, 2.75) is 13.3 Å². The van der Waals surface area contributed by atoms with Crippen molar-refractivity contribution in [2.24, 2.45) is 5.92 Å². The van der Waals surface area contributed by atoms with Gasteiger partial charge in [-0.1, -0.05) is 0 Å². The summed E-state index contributed by atoms with van der Waals surface area (Å²) in [5.74, 6) is 0.605. The van der Waals surface area contributed by atoms with Gasteiger partial charge in [-0.15, -0.1) is 0 Å². The Balaban J connectivity index is 1.32. The lowest BCUT2D eigenvalue weighted by Gasteiger charge is -2.22. The number of benzene rings is 2. The Morgan fingerprint density at radius 1 is 1.09 bits per heavy atom. The molecule has 0 aliphatic carbocycles. The lowest BCUT2D eigenvalue weighted by atomic mass is 10.1. The minimum atomic E-state index is -0.554. The molecule has 0 spiro atoms. The lowest BCUT2D eigenvalue weighted by Crippen LogP contribution is -2.28. The number of hydrogen-bond donors (Lipinski definition) is 1. The Labute approximate surface area is 194 Å². The van der Waals surface area contributed by atoms with Gasteiger partial charge >= 0.3 is 0 Å². The summed E-state index contributed by atoms with van der Waals surface area (Å²) >= 11 is 0. The molecule has 2 aliphatic rings. The average molecular weight is 463 g/mol. The Hall–Kier alpha value is -4.41. The van der Waals surface area contributed by atoms with E-state index >= 15 is 0 Å². The van der Waals surface area contributed by atoms with E-state index in [1.807, 2.05) is 0 Å². The number of amides is 2. The van der Waals surface area contributed by atoms with Crippen LogP contribution in [0.4, 0.5) is 17.2 Å². The van der Waals surface area contributed by atoms with Gasteiger partial charge in [-0.25, -0.2) is 4.68 Å². The molecule has 1 fully saturated rings. The lowest BCUT2D eigenvalue weighted by molar-refractivity contribution is -0.384. The second kappa shape index (κ2) is 8.50. The molecule has 1 N–H and O–H groups in total. The number of rotatable bonds is 5. The zero-order chi connectivity index (χ0) is 23.8. The van der Waals surface area contributed by atoms with Gasteiger partial charge in [-0.05, 0) is 31.2 Å². The number of carbonyl (C=O) groups excluding carboxylic acids is 2. The fraction of sp³-hybridized carbons (Fsp3) is 0.261. The van der Waals surface area contributed by atoms with Crippen molar-refractivity contribution < 1.29 is 24.0 Å². The van der Waals surface area contributed by atoms with E-state index in [1.54, 1.807) is 48.2 Å². The van der Waals surface area contributed by atoms with E-state index in [9.17, 15) is 19.7 Å². The molecule has 2 aromatic carbocycles. The third-order valence-corrected chi connectivity index (χ3v) is 5.72. The molecular weight excluding hydrogens is 442 g/mol. The SMILES string of the molecule is Cc1cc(NC(=O)C2CC(=O)N(c3ccc4c(c3)OCCO4)C2)n(-c2ccc([N+](=O)[O-])cc2)n1. The van der Waals surface area contributed by atoms with E-state index in [4.69, 9.17) is 9.47 Å². The molecule has 5 rings (SSSR count). The van der Waals surface area contributed by atoms with Gasteiger partial charge in [-0.2, -0.15) is 5.10 Å². The van der Waals surface area contributed by atoms with Crippen molar-refractivity contribution in [3.63, 3.8) is 0 Å². The first-order chi connectivity index (χ1) is 16.4. The van der Waals surface area contributed by atoms with Gasteiger partial charge in [0, 0.05) is 42.9 Å². The fourth-order valence-corrected chi connectivity index (χ4v) is 4.06. The average Bonchev–Trinajstić information content (AvgIpc) is 3.41. The van der Waals surface area contributed by atoms with Gasteiger partial charge < -0.3 is 19.7 Å². The van der Waals surface area contributed by atoms with Crippen LogP contribution in [-0.4, -0.2) is 46.3 Å². The molecule has 2 amide bonds. The van der Waals surface area contributed by atoms with Crippen molar-refractivity contribution in [1.82, 2.24) is 9.78 Å². The molecule has 1 aromatic heterocycles. The van der Waals surface area contributed by atoms with Gasteiger partial charge in [0.25, 0.3) is 5.69 Å². The number of ether oxygens (including phenoxy) is 2. The predicted octanol–water partition coefficient (Wildman–Crippen LogP) is 2.85. The summed E-state index contributed by atoms with van der Waals surface area (Å²) in [5, 5.41) is 18.2. The van der Waals surface area contributed by atoms with Gasteiger partial charge in [0.05, 0.1) is 22.2 Å². The number of nitrogens with one attached hydrogen (secondary N) is 1. The van der Waals surface area contributed by atoms with Crippen molar-refractivity contribution in [2.75, 3.05) is 30.0 Å². The summed E-state index contributed by atoms with van der Waals surface area (Å²) in [6, 6.07) is 12.9. The Kier molecular flexibility index (Phi) is 5.36. The molecule has 2 aliphatic heterocycles. The van der Waals surface area contributed by atoms with Crippen LogP contribution in [0.2, 0.25) is 0 Å². The fourth-order valence-electron chi connectivity index (χ4n) is 4.06. The number of nitro benzene ring substituents is 1. The number of aromatic nitrogens is 2. The van der Waals surface area contributed by atoms with Crippen LogP contribution >= 0.6 is 0 Å². The quantitative estimate of drug-likeness (QED) is 0.455. The number of aryl methyl sites for hydroxylation is 1. The number of anilines is 2. The zero-order valence-electron chi connectivity index (χ0n) is 18.3. The van der Waals surface area contributed by atoms with Gasteiger partial charge in [0.1, 0.15) is 19.0 Å². The summed E-state index contributed by atoms with van der Waals surface area (Å²) in [6.07, 6.45) is 0.0743. The summed E-state index contributed by atoms with van der Waals surface area (Å²) in [4.78, 5) is 37.7. The van der Waals surface area contributed by atoms with Crippen LogP contribution in [0.15, 0.2) is 48.5 Å². The minimum absolute atomic E-state index is 0.0399. The maximum Gasteiger partial charge on any atom is 0.269 e. The van der Waals surface area contributed by atoms with E-state index in [0.717, 1.165) is 0 Å². The topological polar surface area (TPSA) is 129 Å². The molecule has 3 aromatic rings. The maximum atomic E-state index is 13.0. The smallest absolute Gasteiger partial charge is 0.269 e. The Morgan fingerprint density at radius 3 is 2.53 bits per heavy atom. The first-order valence-electron chi connectivity index (χ1n) is 10.7. The van der Waals surface area contributed by atoms with Crippen LogP contribution in [0.1, 0.15) is 12.1 Å². The number of hydrogen-bond acceptors (Lipinski definition) is 7. The van der Waals surface area contributed by atoms with Gasteiger partial charge in [0.15, 0.2) is 11.5 Å². The third-order valence-electron chi connectivity index (χ3n) is 5.72. The van der Waals surface area contributed by atoms with Crippen molar-refractivity contribution in [1.29, 1.82) is 0 Å². The van der Waals surface area contributed by atoms with Crippen LogP contribution in [0, 0.1) is 23.0 Å². The molecule has 0 saturated carbocycles. The first-order valence-corrected chi connectivity index (χ1v) is 10.7. The van der Waals surface area contributed by atoms with E-state index in [2.05, 4.69) is 10.4 Å². The van der Waals surface area contributed by atoms with Crippen molar-refractivity contribution in [3.8, 4) is 17.2 Å². The van der Waals surface area contributed by atoms with E-state index in [0.29, 0.717) is 47.6 Å². The van der Waals surface area contributed by atoms with Crippen LogP contribution in [-0.2, 0) is 9.59 Å². The Morgan fingerprint density at radius 2 is 1.79 bits per heavy atom. The number of fused-ring (bicyclic) bond motifs is 1. The highest BCUT2D eigenvalue weighted by Gasteiger charge is 2.36. The molecule has 0 bridgehead atoms. The summed E-state index contributed by atoms with van der Waals surface area (Å²) < 4.78 is 12.6. The zero-order valence-corrected chi connectivity index (χ0v) is 18.3. The summed E-state index contributed by atoms with van der Waals surface area (Å²) in [6.45, 7) is 2.93. The molecule has 11 heteroatoms. The summed E-state index contributed by atoms with van der Waals surface area (Å²) in [5.41, 5.74) is 1.83. The highest BCUT2D eigenvalue weighted by molar-refractivity contribution is 6.03. The monoisotopic (exact) mass is 463 g/mol. The predicted molar refractivity (Wildman–Crippen MR) is 121 cm³/mol. The molecule has 3 heterocycles. The number of carbonyl (C=O) groups is 2. The molecule has 1 unspecified atom stereocenters. The minimum Gasteiger partial charge on any atom is -0.486 e. The van der Waals surface area contributed by atoms with Crippen molar-refractivity contribution in [3.05, 3.63) is 64.3 Å². The molecular formula is C23H21N5O6. The normalized spacial score (nSPS) is 17.0. The number of non-ortho nitro benzene ring substituents is 1. The second-order valence-corrected chi connectivity index (χ2v) is 8.08. The molecule has 0 radical (unpaired) electrons. The Bertz CT molecular complexity index is 1290. The molecule has 1 atom stereocenters. The number of nitro groups is 1. The van der Waals surface area contributed by atoms with Crippen LogP contribution < -0.4 is 19.7 Å². The molecule has 1 saturated heterocycles. The number of nitrogens with zero attached hydrogens (tertiary/aromatic N) is 4. The van der Waals surface area contributed by atoms with E-state index in [-0.39, 0.29) is 30.5 Å². The van der Waals surface area contributed by atoms with Gasteiger partial charge in [-0.3, -0.25) is 19.7 Å². The molecule has 174 valence electrons. The maximum absolute atomic E-state index is 13.0. The molecule has 11 nitrogen and oxygen atoms in total. The first kappa shape index (κ1) is 21.4. The second-order valence-electron chi connectivity index (χ2n) is 8.08. The largest absolute Gasteiger partial charge is 0.486 e. The van der Waals surface area contributed by atoms with Crippen LogP contribution in [0.3, 0.4) is 0 Å². The molecule has 34 heavy (non-hydrogen) atoms. The van der Waals surface area contributed by atoms with E-state index < -0.39 is 10.8 Å². The highest BCUT2D eigenvalue weighted by Crippen LogP contribution is 2.36. The summed E-state index contributed by atoms with van der Waals surface area (Å²) in [7, 11) is 0. The van der Waals surface area contributed by atoms with Crippen LogP contribution in [0.5, 0.6) is 11.5 Å².